The van der Waals surface area contributed by atoms with Crippen molar-refractivity contribution in [1.29, 1.82) is 0 Å². The van der Waals surface area contributed by atoms with E-state index in [0.717, 1.165) is 12.8 Å². The van der Waals surface area contributed by atoms with Crippen molar-refractivity contribution in [2.45, 2.75) is 24.7 Å². The van der Waals surface area contributed by atoms with Crippen molar-refractivity contribution in [1.82, 2.24) is 0 Å². The zero-order valence-corrected chi connectivity index (χ0v) is 12.5. The Bertz CT molecular complexity index is 611. The van der Waals surface area contributed by atoms with E-state index in [1.54, 1.807) is 0 Å². The molecular weight excluding hydrogens is 309 g/mol. The van der Waals surface area contributed by atoms with E-state index in [1.165, 1.54) is 18.2 Å². The fraction of sp³-hybridized carbons (Fsp3) is 0.417. The molecule has 1 saturated carbocycles. The number of hydrogen-bond donors (Lipinski definition) is 1. The number of nitrogens with one attached hydrogen (secondary N) is 1. The van der Waals surface area contributed by atoms with Gasteiger partial charge in [-0.3, -0.25) is 4.79 Å². The highest BCUT2D eigenvalue weighted by molar-refractivity contribution is 8.13. The maximum absolute atomic E-state index is 11.9. The van der Waals surface area contributed by atoms with E-state index in [-0.39, 0.29) is 21.7 Å². The fourth-order valence-corrected chi connectivity index (χ4v) is 3.37. The summed E-state index contributed by atoms with van der Waals surface area (Å²) in [6.45, 7) is 1.88. The SMILES string of the molecule is CC(C(=O)Nc1ccc(S(=O)(=O)Cl)c(Cl)c1)C1CC1. The summed E-state index contributed by atoms with van der Waals surface area (Å²) in [5.41, 5.74) is 0.464. The third-order valence-electron chi connectivity index (χ3n) is 3.20. The molecule has 0 spiro atoms. The average molecular weight is 322 g/mol. The minimum absolute atomic E-state index is 0.00752. The van der Waals surface area contributed by atoms with Crippen LogP contribution >= 0.6 is 22.3 Å². The maximum Gasteiger partial charge on any atom is 0.262 e. The lowest BCUT2D eigenvalue weighted by molar-refractivity contribution is -0.119. The summed E-state index contributed by atoms with van der Waals surface area (Å²) >= 11 is 5.84. The summed E-state index contributed by atoms with van der Waals surface area (Å²) in [4.78, 5) is 11.7. The van der Waals surface area contributed by atoms with Gasteiger partial charge in [-0.2, -0.15) is 0 Å². The van der Waals surface area contributed by atoms with Crippen LogP contribution in [0.2, 0.25) is 5.02 Å². The van der Waals surface area contributed by atoms with E-state index in [2.05, 4.69) is 5.32 Å². The third-order valence-corrected chi connectivity index (χ3v) is 5.01. The normalized spacial score (nSPS) is 17.0. The molecule has 1 atom stereocenters. The zero-order chi connectivity index (χ0) is 14.2. The van der Waals surface area contributed by atoms with Crippen molar-refractivity contribution in [3.8, 4) is 0 Å². The number of carbonyl (C=O) groups is 1. The van der Waals surface area contributed by atoms with Gasteiger partial charge in [-0.05, 0) is 37.0 Å². The molecule has 1 aliphatic carbocycles. The average Bonchev–Trinajstić information content (AvgIpc) is 3.09. The van der Waals surface area contributed by atoms with Crippen LogP contribution in [0.15, 0.2) is 23.1 Å². The Labute approximate surface area is 121 Å². The van der Waals surface area contributed by atoms with E-state index in [0.29, 0.717) is 11.6 Å². The summed E-state index contributed by atoms with van der Waals surface area (Å²) in [7, 11) is 1.35. The number of halogens is 2. The van der Waals surface area contributed by atoms with E-state index in [1.807, 2.05) is 6.92 Å². The van der Waals surface area contributed by atoms with Gasteiger partial charge in [-0.1, -0.05) is 18.5 Å². The molecule has 1 amide bonds. The van der Waals surface area contributed by atoms with Crippen LogP contribution in [-0.2, 0) is 13.8 Å². The maximum atomic E-state index is 11.9. The first kappa shape index (κ1) is 14.6. The summed E-state index contributed by atoms with van der Waals surface area (Å²) in [5, 5.41) is 2.71. The van der Waals surface area contributed by atoms with E-state index < -0.39 is 9.05 Å². The molecule has 19 heavy (non-hydrogen) atoms. The van der Waals surface area contributed by atoms with Gasteiger partial charge >= 0.3 is 0 Å². The molecule has 1 unspecified atom stereocenters. The monoisotopic (exact) mass is 321 g/mol. The van der Waals surface area contributed by atoms with Crippen molar-refractivity contribution < 1.29 is 13.2 Å². The molecule has 1 aromatic carbocycles. The Morgan fingerprint density at radius 3 is 2.53 bits per heavy atom. The second kappa shape index (κ2) is 5.31. The number of benzene rings is 1. The summed E-state index contributed by atoms with van der Waals surface area (Å²) in [5.74, 6) is 0.327. The van der Waals surface area contributed by atoms with E-state index in [9.17, 15) is 13.2 Å². The fourth-order valence-electron chi connectivity index (χ4n) is 1.84. The van der Waals surface area contributed by atoms with Crippen molar-refractivity contribution >= 4 is 42.9 Å². The molecule has 0 heterocycles. The number of rotatable bonds is 4. The first-order valence-electron chi connectivity index (χ1n) is 5.84. The van der Waals surface area contributed by atoms with Crippen LogP contribution < -0.4 is 5.32 Å². The van der Waals surface area contributed by atoms with Gasteiger partial charge in [0.1, 0.15) is 4.90 Å². The first-order chi connectivity index (χ1) is 8.79. The van der Waals surface area contributed by atoms with Crippen molar-refractivity contribution in [3.05, 3.63) is 23.2 Å². The van der Waals surface area contributed by atoms with E-state index in [4.69, 9.17) is 22.3 Å². The number of carbonyl (C=O) groups excluding carboxylic acids is 1. The molecule has 1 aliphatic rings. The van der Waals surface area contributed by atoms with Crippen molar-refractivity contribution in [3.63, 3.8) is 0 Å². The summed E-state index contributed by atoms with van der Waals surface area (Å²) < 4.78 is 22.4. The third kappa shape index (κ3) is 3.61. The van der Waals surface area contributed by atoms with Gasteiger partial charge in [0.2, 0.25) is 5.91 Å². The van der Waals surface area contributed by atoms with Crippen LogP contribution in [-0.4, -0.2) is 14.3 Å². The minimum atomic E-state index is -3.87. The van der Waals surface area contributed by atoms with Gasteiger partial charge in [0.05, 0.1) is 5.02 Å². The molecule has 104 valence electrons. The number of amides is 1. The molecule has 1 N–H and O–H groups in total. The van der Waals surface area contributed by atoms with Gasteiger partial charge in [0, 0.05) is 22.3 Å². The van der Waals surface area contributed by atoms with Gasteiger partial charge in [0.15, 0.2) is 0 Å². The van der Waals surface area contributed by atoms with Crippen LogP contribution in [0, 0.1) is 11.8 Å². The highest BCUT2D eigenvalue weighted by Crippen LogP contribution is 2.37. The molecule has 4 nitrogen and oxygen atoms in total. The van der Waals surface area contributed by atoms with Crippen LogP contribution in [0.4, 0.5) is 5.69 Å². The Morgan fingerprint density at radius 1 is 1.42 bits per heavy atom. The lowest BCUT2D eigenvalue weighted by Crippen LogP contribution is -2.21. The first-order valence-corrected chi connectivity index (χ1v) is 8.53. The molecule has 2 rings (SSSR count). The quantitative estimate of drug-likeness (QED) is 0.866. The highest BCUT2D eigenvalue weighted by Gasteiger charge is 2.32. The highest BCUT2D eigenvalue weighted by atomic mass is 35.7. The van der Waals surface area contributed by atoms with E-state index >= 15 is 0 Å². The minimum Gasteiger partial charge on any atom is -0.326 e. The van der Waals surface area contributed by atoms with Gasteiger partial charge in [-0.25, -0.2) is 8.42 Å². The number of hydrogen-bond acceptors (Lipinski definition) is 3. The van der Waals surface area contributed by atoms with Gasteiger partial charge < -0.3 is 5.32 Å². The molecule has 0 radical (unpaired) electrons. The Kier molecular flexibility index (Phi) is 4.08. The molecule has 0 saturated heterocycles. The molecule has 0 aliphatic heterocycles. The lowest BCUT2D eigenvalue weighted by atomic mass is 10.1. The second-order valence-electron chi connectivity index (χ2n) is 4.70. The second-order valence-corrected chi connectivity index (χ2v) is 7.64. The van der Waals surface area contributed by atoms with Crippen molar-refractivity contribution in [2.24, 2.45) is 11.8 Å². The standard InChI is InChI=1S/C12H13Cl2NO3S/c1-7(8-2-3-8)12(16)15-9-4-5-11(10(13)6-9)19(14,17)18/h4-8H,2-3H2,1H3,(H,15,16). The zero-order valence-electron chi connectivity index (χ0n) is 10.2. The predicted octanol–water partition coefficient (Wildman–Crippen LogP) is 3.25. The van der Waals surface area contributed by atoms with Crippen LogP contribution in [0.25, 0.3) is 0 Å². The van der Waals surface area contributed by atoms with Gasteiger partial charge in [-0.15, -0.1) is 0 Å². The topological polar surface area (TPSA) is 63.2 Å². The van der Waals surface area contributed by atoms with Gasteiger partial charge in [0.25, 0.3) is 9.05 Å². The number of anilines is 1. The van der Waals surface area contributed by atoms with Crippen LogP contribution in [0.3, 0.4) is 0 Å². The van der Waals surface area contributed by atoms with Crippen LogP contribution in [0.1, 0.15) is 19.8 Å². The van der Waals surface area contributed by atoms with Crippen molar-refractivity contribution in [2.75, 3.05) is 5.32 Å². The largest absolute Gasteiger partial charge is 0.326 e. The predicted molar refractivity (Wildman–Crippen MR) is 75.0 cm³/mol. The van der Waals surface area contributed by atoms with Crippen LogP contribution in [0.5, 0.6) is 0 Å². The Hall–Kier alpha value is -0.780. The Morgan fingerprint density at radius 2 is 2.05 bits per heavy atom. The lowest BCUT2D eigenvalue weighted by Gasteiger charge is -2.11. The molecule has 0 aromatic heterocycles. The molecule has 0 bridgehead atoms. The summed E-state index contributed by atoms with van der Waals surface area (Å²) in [6, 6.07) is 4.13. The molecule has 7 heteroatoms. The molecule has 1 aromatic rings. The summed E-state index contributed by atoms with van der Waals surface area (Å²) in [6.07, 6.45) is 2.16. The molecular formula is C12H13Cl2NO3S. The Balaban J connectivity index is 2.14. The molecule has 1 fully saturated rings. The smallest absolute Gasteiger partial charge is 0.262 e.